The van der Waals surface area contributed by atoms with Crippen LogP contribution in [0.2, 0.25) is 0 Å². The number of aromatic nitrogens is 2. The van der Waals surface area contributed by atoms with Crippen molar-refractivity contribution < 1.29 is 4.55 Å². The Bertz CT molecular complexity index is 1130. The lowest BCUT2D eigenvalue weighted by Crippen LogP contribution is -2.26. The van der Waals surface area contributed by atoms with Crippen LogP contribution < -0.4 is 0 Å². The molecule has 3 nitrogen and oxygen atoms in total. The van der Waals surface area contributed by atoms with Crippen LogP contribution in [-0.4, -0.2) is 14.1 Å². The van der Waals surface area contributed by atoms with E-state index < -0.39 is 0 Å². The van der Waals surface area contributed by atoms with Crippen LogP contribution in [0.25, 0.3) is 27.5 Å². The van der Waals surface area contributed by atoms with Crippen LogP contribution in [0.4, 0.5) is 0 Å². The van der Waals surface area contributed by atoms with Crippen LogP contribution in [0.1, 0.15) is 25.0 Å². The van der Waals surface area contributed by atoms with E-state index in [9.17, 15) is 4.55 Å². The van der Waals surface area contributed by atoms with Gasteiger partial charge in [-0.25, -0.2) is 0 Å². The van der Waals surface area contributed by atoms with Gasteiger partial charge in [-0.1, -0.05) is 32.0 Å². The van der Waals surface area contributed by atoms with Gasteiger partial charge in [0.15, 0.2) is 0 Å². The Kier molecular flexibility index (Phi) is 2.71. The van der Waals surface area contributed by atoms with E-state index in [1.54, 1.807) is 0 Å². The Morgan fingerprint density at radius 3 is 2.71 bits per heavy atom. The number of rotatable bonds is 1. The van der Waals surface area contributed by atoms with Crippen LogP contribution in [0.5, 0.6) is 0 Å². The second-order valence-corrected chi connectivity index (χ2v) is 7.48. The number of pyridine rings is 1. The second kappa shape index (κ2) is 4.62. The topological polar surface area (TPSA) is 38.0 Å². The molecule has 3 heterocycles. The van der Waals surface area contributed by atoms with Crippen molar-refractivity contribution in [3.63, 3.8) is 0 Å². The third-order valence-electron chi connectivity index (χ3n) is 5.24. The first-order valence-corrected chi connectivity index (χ1v) is 8.74. The summed E-state index contributed by atoms with van der Waals surface area (Å²) in [6.07, 6.45) is 3.76. The predicted octanol–water partition coefficient (Wildman–Crippen LogP) is 5.38. The van der Waals surface area contributed by atoms with E-state index in [1.165, 1.54) is 33.1 Å². The molecule has 1 aliphatic rings. The molecule has 118 valence electrons. The van der Waals surface area contributed by atoms with Crippen LogP contribution in [0.15, 0.2) is 59.8 Å². The van der Waals surface area contributed by atoms with Gasteiger partial charge in [0, 0.05) is 39.3 Å². The highest BCUT2D eigenvalue weighted by molar-refractivity contribution is 7.93. The average molecular weight is 332 g/mol. The van der Waals surface area contributed by atoms with Crippen molar-refractivity contribution in [3.05, 3.63) is 66.0 Å². The molecule has 0 bridgehead atoms. The maximum Gasteiger partial charge on any atom is 0.0724 e. The standard InChI is InChI=1S/C20H16N2OS/c1-20(2)15-5-3-4-6-17(15)22-18-11-21-8-7-13(18)14-9-12(24-23)10-16(20)19(14)22/h3-11,23H,1-2H3. The van der Waals surface area contributed by atoms with Gasteiger partial charge in [-0.15, -0.1) is 0 Å². The maximum atomic E-state index is 9.68. The van der Waals surface area contributed by atoms with E-state index >= 15 is 0 Å². The Balaban J connectivity index is 2.12. The van der Waals surface area contributed by atoms with E-state index in [0.717, 1.165) is 22.5 Å². The minimum absolute atomic E-state index is 0.127. The number of para-hydroxylation sites is 1. The number of nitrogens with zero attached hydrogens (tertiary/aromatic N) is 2. The molecule has 5 rings (SSSR count). The molecule has 0 fully saturated rings. The van der Waals surface area contributed by atoms with Crippen LogP contribution in [-0.2, 0) is 5.41 Å². The first kappa shape index (κ1) is 14.1. The van der Waals surface area contributed by atoms with Gasteiger partial charge in [-0.2, -0.15) is 0 Å². The van der Waals surface area contributed by atoms with Crippen molar-refractivity contribution in [2.75, 3.05) is 0 Å². The van der Waals surface area contributed by atoms with E-state index in [-0.39, 0.29) is 5.41 Å². The average Bonchev–Trinajstić information content (AvgIpc) is 2.94. The normalized spacial score (nSPS) is 15.0. The van der Waals surface area contributed by atoms with Gasteiger partial charge in [0.2, 0.25) is 0 Å². The van der Waals surface area contributed by atoms with E-state index in [1.807, 2.05) is 12.4 Å². The molecule has 4 aromatic rings. The molecule has 1 aliphatic heterocycles. The van der Waals surface area contributed by atoms with Gasteiger partial charge >= 0.3 is 0 Å². The highest BCUT2D eigenvalue weighted by Crippen LogP contribution is 2.48. The van der Waals surface area contributed by atoms with Crippen LogP contribution >= 0.6 is 12.0 Å². The van der Waals surface area contributed by atoms with Gasteiger partial charge in [-0.3, -0.25) is 4.98 Å². The Hall–Kier alpha value is -2.30. The minimum Gasteiger partial charge on any atom is -0.325 e. The zero-order chi connectivity index (χ0) is 16.5. The molecular weight excluding hydrogens is 316 g/mol. The minimum atomic E-state index is -0.127. The molecule has 0 saturated carbocycles. The summed E-state index contributed by atoms with van der Waals surface area (Å²) in [6, 6.07) is 14.8. The molecule has 2 aromatic carbocycles. The molecule has 0 unspecified atom stereocenters. The number of hydrogen-bond acceptors (Lipinski definition) is 3. The molecule has 4 heteroatoms. The summed E-state index contributed by atoms with van der Waals surface area (Å²) in [7, 11) is 0. The zero-order valence-electron chi connectivity index (χ0n) is 13.4. The fourth-order valence-electron chi connectivity index (χ4n) is 4.09. The summed E-state index contributed by atoms with van der Waals surface area (Å²) in [5, 5.41) is 2.34. The van der Waals surface area contributed by atoms with Gasteiger partial charge < -0.3 is 9.12 Å². The SMILES string of the molecule is CC1(C)c2ccccc2-n2c3cnccc3c3cc(SO)cc1c32. The third-order valence-corrected chi connectivity index (χ3v) is 5.68. The van der Waals surface area contributed by atoms with Crippen LogP contribution in [0.3, 0.4) is 0 Å². The summed E-state index contributed by atoms with van der Waals surface area (Å²) in [5.41, 5.74) is 5.95. The molecule has 2 aromatic heterocycles. The van der Waals surface area contributed by atoms with Gasteiger partial charge in [0.05, 0.1) is 22.9 Å². The monoisotopic (exact) mass is 332 g/mol. The van der Waals surface area contributed by atoms with E-state index in [2.05, 4.69) is 65.9 Å². The lowest BCUT2D eigenvalue weighted by molar-refractivity contribution is 0.627. The zero-order valence-corrected chi connectivity index (χ0v) is 14.3. The maximum absolute atomic E-state index is 9.68. The van der Waals surface area contributed by atoms with Gasteiger partial charge in [0.25, 0.3) is 0 Å². The van der Waals surface area contributed by atoms with Gasteiger partial charge in [0.1, 0.15) is 0 Å². The van der Waals surface area contributed by atoms with Crippen molar-refractivity contribution in [1.29, 1.82) is 0 Å². The summed E-state index contributed by atoms with van der Waals surface area (Å²) < 4.78 is 12.0. The van der Waals surface area contributed by atoms with E-state index in [0.29, 0.717) is 0 Å². The molecule has 24 heavy (non-hydrogen) atoms. The first-order valence-electron chi connectivity index (χ1n) is 7.97. The number of hydrogen-bond donors (Lipinski definition) is 1. The van der Waals surface area contributed by atoms with Crippen molar-refractivity contribution in [3.8, 4) is 5.69 Å². The fraction of sp³-hybridized carbons (Fsp3) is 0.150. The smallest absolute Gasteiger partial charge is 0.0724 e. The van der Waals surface area contributed by atoms with Crippen molar-refractivity contribution in [2.45, 2.75) is 24.2 Å². The highest BCUT2D eigenvalue weighted by Gasteiger charge is 2.35. The second-order valence-electron chi connectivity index (χ2n) is 6.83. The van der Waals surface area contributed by atoms with E-state index in [4.69, 9.17) is 0 Å². The number of benzene rings is 2. The molecule has 0 spiro atoms. The van der Waals surface area contributed by atoms with Crippen molar-refractivity contribution >= 4 is 33.8 Å². The molecule has 0 aliphatic carbocycles. The first-order chi connectivity index (χ1) is 11.6. The largest absolute Gasteiger partial charge is 0.325 e. The Morgan fingerprint density at radius 1 is 1.04 bits per heavy atom. The quantitative estimate of drug-likeness (QED) is 0.475. The highest BCUT2D eigenvalue weighted by atomic mass is 32.2. The molecule has 0 saturated heterocycles. The third kappa shape index (κ3) is 1.60. The molecule has 0 amide bonds. The fourth-order valence-corrected chi connectivity index (χ4v) is 4.43. The molecular formula is C20H16N2OS. The molecule has 0 radical (unpaired) electrons. The van der Waals surface area contributed by atoms with Crippen LogP contribution in [0, 0.1) is 0 Å². The summed E-state index contributed by atoms with van der Waals surface area (Å²) in [5.74, 6) is 0. The molecule has 1 N–H and O–H groups in total. The summed E-state index contributed by atoms with van der Waals surface area (Å²) in [6.45, 7) is 4.51. The molecule has 0 atom stereocenters. The lowest BCUT2D eigenvalue weighted by Gasteiger charge is -2.34. The predicted molar refractivity (Wildman–Crippen MR) is 99.2 cm³/mol. The number of fused-ring (bicyclic) bond motifs is 5. The van der Waals surface area contributed by atoms with Gasteiger partial charge in [-0.05, 0) is 35.4 Å². The Labute approximate surface area is 144 Å². The summed E-state index contributed by atoms with van der Waals surface area (Å²) in [4.78, 5) is 5.22. The van der Waals surface area contributed by atoms with Crippen molar-refractivity contribution in [1.82, 2.24) is 9.55 Å². The Morgan fingerprint density at radius 2 is 1.88 bits per heavy atom. The summed E-state index contributed by atoms with van der Waals surface area (Å²) >= 11 is 0.812. The van der Waals surface area contributed by atoms with Crippen molar-refractivity contribution in [2.24, 2.45) is 0 Å². The lowest BCUT2D eigenvalue weighted by atomic mass is 9.75.